The van der Waals surface area contributed by atoms with Gasteiger partial charge < -0.3 is 15.5 Å². The average molecular weight is 223 g/mol. The fourth-order valence-electron chi connectivity index (χ4n) is 1.07. The molecule has 1 heterocycles. The van der Waals surface area contributed by atoms with Gasteiger partial charge in [-0.2, -0.15) is 0 Å². The molecule has 0 atom stereocenters. The molecule has 1 aromatic heterocycles. The molecule has 2 amide bonds. The van der Waals surface area contributed by atoms with Gasteiger partial charge in [0, 0.05) is 33.4 Å². The molecule has 6 nitrogen and oxygen atoms in total. The van der Waals surface area contributed by atoms with Gasteiger partial charge in [0.05, 0.1) is 0 Å². The predicted octanol–water partition coefficient (Wildman–Crippen LogP) is 0.468. The quantitative estimate of drug-likeness (QED) is 0.728. The topological polar surface area (TPSA) is 70.2 Å². The minimum atomic E-state index is -0.0966. The Labute approximate surface area is 95.1 Å². The first-order valence-corrected chi connectivity index (χ1v) is 5.08. The lowest BCUT2D eigenvalue weighted by Gasteiger charge is -2.12. The molecule has 1 aromatic rings. The number of rotatable bonds is 4. The van der Waals surface area contributed by atoms with Crippen LogP contribution in [0.4, 0.5) is 10.6 Å². The second kappa shape index (κ2) is 5.89. The molecule has 0 bridgehead atoms. The second-order valence-corrected chi connectivity index (χ2v) is 3.54. The van der Waals surface area contributed by atoms with Gasteiger partial charge in [-0.25, -0.2) is 14.8 Å². The van der Waals surface area contributed by atoms with Crippen molar-refractivity contribution in [1.82, 2.24) is 20.2 Å². The highest BCUT2D eigenvalue weighted by atomic mass is 16.2. The fraction of sp³-hybridized carbons (Fsp3) is 0.500. The van der Waals surface area contributed by atoms with E-state index in [1.807, 2.05) is 6.92 Å². The molecule has 16 heavy (non-hydrogen) atoms. The normalized spacial score (nSPS) is 9.69. The zero-order valence-electron chi connectivity index (χ0n) is 9.82. The Kier molecular flexibility index (Phi) is 4.50. The summed E-state index contributed by atoms with van der Waals surface area (Å²) in [5.41, 5.74) is 0. The van der Waals surface area contributed by atoms with Gasteiger partial charge in [0.1, 0.15) is 11.6 Å². The molecule has 0 aliphatic rings. The number of aryl methyl sites for hydroxylation is 1. The first kappa shape index (κ1) is 12.2. The van der Waals surface area contributed by atoms with Gasteiger partial charge in [-0.1, -0.05) is 0 Å². The summed E-state index contributed by atoms with van der Waals surface area (Å²) >= 11 is 0. The maximum absolute atomic E-state index is 11.2. The fourth-order valence-corrected chi connectivity index (χ4v) is 1.07. The van der Waals surface area contributed by atoms with Crippen LogP contribution in [0.2, 0.25) is 0 Å². The summed E-state index contributed by atoms with van der Waals surface area (Å²) < 4.78 is 0. The molecule has 0 spiro atoms. The predicted molar refractivity (Wildman–Crippen MR) is 62.3 cm³/mol. The molecule has 88 valence electrons. The SMILES string of the molecule is Cc1nccc(NCCNC(=O)N(C)C)n1. The molecular weight excluding hydrogens is 206 g/mol. The van der Waals surface area contributed by atoms with Crippen LogP contribution in [0, 0.1) is 6.92 Å². The van der Waals surface area contributed by atoms with E-state index in [9.17, 15) is 4.79 Å². The van der Waals surface area contributed by atoms with E-state index < -0.39 is 0 Å². The Morgan fingerprint density at radius 1 is 1.44 bits per heavy atom. The number of carbonyl (C=O) groups excluding carboxylic acids is 1. The molecule has 0 aliphatic carbocycles. The van der Waals surface area contributed by atoms with E-state index in [-0.39, 0.29) is 6.03 Å². The van der Waals surface area contributed by atoms with Crippen LogP contribution in [0.1, 0.15) is 5.82 Å². The van der Waals surface area contributed by atoms with Crippen molar-refractivity contribution in [1.29, 1.82) is 0 Å². The molecule has 0 saturated carbocycles. The van der Waals surface area contributed by atoms with Crippen LogP contribution < -0.4 is 10.6 Å². The molecule has 0 aromatic carbocycles. The van der Waals surface area contributed by atoms with Crippen LogP contribution in [-0.4, -0.2) is 48.1 Å². The number of hydrogen-bond acceptors (Lipinski definition) is 4. The molecule has 0 saturated heterocycles. The van der Waals surface area contributed by atoms with Gasteiger partial charge in [0.2, 0.25) is 0 Å². The first-order chi connectivity index (χ1) is 7.59. The molecule has 1 rings (SSSR count). The highest BCUT2D eigenvalue weighted by Crippen LogP contribution is 1.99. The monoisotopic (exact) mass is 223 g/mol. The van der Waals surface area contributed by atoms with E-state index in [0.29, 0.717) is 13.1 Å². The van der Waals surface area contributed by atoms with Crippen molar-refractivity contribution >= 4 is 11.8 Å². The third kappa shape index (κ3) is 4.12. The highest BCUT2D eigenvalue weighted by molar-refractivity contribution is 5.73. The van der Waals surface area contributed by atoms with E-state index in [1.165, 1.54) is 4.90 Å². The number of hydrogen-bond donors (Lipinski definition) is 2. The molecule has 2 N–H and O–H groups in total. The molecule has 0 radical (unpaired) electrons. The van der Waals surface area contributed by atoms with Gasteiger partial charge in [0.15, 0.2) is 0 Å². The highest BCUT2D eigenvalue weighted by Gasteiger charge is 2.00. The van der Waals surface area contributed by atoms with Crippen molar-refractivity contribution in [2.24, 2.45) is 0 Å². The smallest absolute Gasteiger partial charge is 0.316 e. The zero-order valence-corrected chi connectivity index (χ0v) is 9.82. The Balaban J connectivity index is 2.23. The number of nitrogens with zero attached hydrogens (tertiary/aromatic N) is 3. The van der Waals surface area contributed by atoms with Crippen molar-refractivity contribution in [2.45, 2.75) is 6.92 Å². The zero-order chi connectivity index (χ0) is 12.0. The summed E-state index contributed by atoms with van der Waals surface area (Å²) in [6.45, 7) is 3.02. The minimum Gasteiger partial charge on any atom is -0.368 e. The number of aromatic nitrogens is 2. The standard InChI is InChI=1S/C10H17N5O/c1-8-11-5-4-9(14-8)12-6-7-13-10(16)15(2)3/h4-5H,6-7H2,1-3H3,(H,13,16)(H,11,12,14). The van der Waals surface area contributed by atoms with Gasteiger partial charge >= 0.3 is 6.03 Å². The number of anilines is 1. The van der Waals surface area contributed by atoms with Crippen LogP contribution in [0.15, 0.2) is 12.3 Å². The average Bonchev–Trinajstić information content (AvgIpc) is 2.24. The van der Waals surface area contributed by atoms with Crippen LogP contribution in [0.25, 0.3) is 0 Å². The van der Waals surface area contributed by atoms with Gasteiger partial charge in [-0.3, -0.25) is 0 Å². The van der Waals surface area contributed by atoms with E-state index >= 15 is 0 Å². The summed E-state index contributed by atoms with van der Waals surface area (Å²) in [7, 11) is 3.41. The molecular formula is C10H17N5O. The van der Waals surface area contributed by atoms with Crippen LogP contribution in [0.3, 0.4) is 0 Å². The van der Waals surface area contributed by atoms with Gasteiger partial charge in [-0.15, -0.1) is 0 Å². The molecule has 6 heteroatoms. The molecule has 0 unspecified atom stereocenters. The summed E-state index contributed by atoms with van der Waals surface area (Å²) in [6.07, 6.45) is 1.70. The third-order valence-electron chi connectivity index (χ3n) is 1.89. The van der Waals surface area contributed by atoms with Crippen LogP contribution >= 0.6 is 0 Å². The Bertz CT molecular complexity index is 353. The Hall–Kier alpha value is -1.85. The summed E-state index contributed by atoms with van der Waals surface area (Å²) in [5, 5.41) is 5.84. The van der Waals surface area contributed by atoms with E-state index in [2.05, 4.69) is 20.6 Å². The van der Waals surface area contributed by atoms with Crippen LogP contribution in [-0.2, 0) is 0 Å². The number of amides is 2. The van der Waals surface area contributed by atoms with Crippen molar-refractivity contribution < 1.29 is 4.79 Å². The number of carbonyl (C=O) groups is 1. The van der Waals surface area contributed by atoms with Crippen molar-refractivity contribution in [2.75, 3.05) is 32.5 Å². The lowest BCUT2D eigenvalue weighted by molar-refractivity contribution is 0.218. The first-order valence-electron chi connectivity index (χ1n) is 5.08. The van der Waals surface area contributed by atoms with Crippen LogP contribution in [0.5, 0.6) is 0 Å². The third-order valence-corrected chi connectivity index (χ3v) is 1.89. The Morgan fingerprint density at radius 3 is 2.81 bits per heavy atom. The molecule has 0 fully saturated rings. The van der Waals surface area contributed by atoms with Crippen molar-refractivity contribution in [3.8, 4) is 0 Å². The Morgan fingerprint density at radius 2 is 2.19 bits per heavy atom. The van der Waals surface area contributed by atoms with E-state index in [0.717, 1.165) is 11.6 Å². The summed E-state index contributed by atoms with van der Waals surface area (Å²) in [4.78, 5) is 20.8. The van der Waals surface area contributed by atoms with Gasteiger partial charge in [0.25, 0.3) is 0 Å². The maximum atomic E-state index is 11.2. The van der Waals surface area contributed by atoms with E-state index in [4.69, 9.17) is 0 Å². The summed E-state index contributed by atoms with van der Waals surface area (Å²) in [6, 6.07) is 1.70. The second-order valence-electron chi connectivity index (χ2n) is 3.54. The minimum absolute atomic E-state index is 0.0966. The lowest BCUT2D eigenvalue weighted by atomic mass is 10.5. The van der Waals surface area contributed by atoms with Crippen molar-refractivity contribution in [3.05, 3.63) is 18.1 Å². The lowest BCUT2D eigenvalue weighted by Crippen LogP contribution is -2.37. The maximum Gasteiger partial charge on any atom is 0.316 e. The van der Waals surface area contributed by atoms with Crippen molar-refractivity contribution in [3.63, 3.8) is 0 Å². The number of nitrogens with one attached hydrogen (secondary N) is 2. The van der Waals surface area contributed by atoms with Gasteiger partial charge in [-0.05, 0) is 13.0 Å². The largest absolute Gasteiger partial charge is 0.368 e. The van der Waals surface area contributed by atoms with E-state index in [1.54, 1.807) is 26.4 Å². The molecule has 0 aliphatic heterocycles. The summed E-state index contributed by atoms with van der Waals surface area (Å²) in [5.74, 6) is 1.49. The number of urea groups is 1.